The highest BCUT2D eigenvalue weighted by atomic mass is 16.6. The predicted molar refractivity (Wildman–Crippen MR) is 87.1 cm³/mol. The smallest absolute Gasteiger partial charge is 0.336 e. The lowest BCUT2D eigenvalue weighted by molar-refractivity contribution is -0.170. The van der Waals surface area contributed by atoms with Crippen LogP contribution in [0.3, 0.4) is 0 Å². The summed E-state index contributed by atoms with van der Waals surface area (Å²) in [5.41, 5.74) is 0. The van der Waals surface area contributed by atoms with Gasteiger partial charge in [0.1, 0.15) is 0 Å². The van der Waals surface area contributed by atoms with Crippen LogP contribution < -0.4 is 0 Å². The van der Waals surface area contributed by atoms with Gasteiger partial charge in [0.05, 0.1) is 31.3 Å². The van der Waals surface area contributed by atoms with Gasteiger partial charge in [-0.25, -0.2) is 4.79 Å². The molecule has 0 bridgehead atoms. The minimum absolute atomic E-state index is 0.156. The van der Waals surface area contributed by atoms with Crippen LogP contribution in [0.15, 0.2) is 0 Å². The van der Waals surface area contributed by atoms with E-state index in [-0.39, 0.29) is 31.3 Å². The second-order valence-electron chi connectivity index (χ2n) is 6.09. The summed E-state index contributed by atoms with van der Waals surface area (Å²) in [4.78, 5) is 23.8. The number of carbonyl (C=O) groups is 2. The molecule has 2 unspecified atom stereocenters. The third-order valence-corrected chi connectivity index (χ3v) is 2.77. The molecule has 0 fully saturated rings. The molecule has 23 heavy (non-hydrogen) atoms. The van der Waals surface area contributed by atoms with Crippen molar-refractivity contribution in [3.63, 3.8) is 0 Å². The van der Waals surface area contributed by atoms with Gasteiger partial charge in [0.15, 0.2) is 6.10 Å². The van der Waals surface area contributed by atoms with Crippen molar-refractivity contribution in [2.45, 2.75) is 85.2 Å². The van der Waals surface area contributed by atoms with E-state index in [1.165, 1.54) is 0 Å². The molecule has 0 saturated heterocycles. The average Bonchev–Trinajstić information content (AvgIpc) is 2.42. The lowest BCUT2D eigenvalue weighted by atomic mass is 10.2. The van der Waals surface area contributed by atoms with Crippen molar-refractivity contribution in [1.82, 2.24) is 0 Å². The van der Waals surface area contributed by atoms with Crippen molar-refractivity contribution >= 4 is 11.9 Å². The zero-order valence-electron chi connectivity index (χ0n) is 15.3. The third kappa shape index (κ3) is 12.0. The van der Waals surface area contributed by atoms with Crippen molar-refractivity contribution in [3.05, 3.63) is 0 Å². The SMILES string of the molecule is CCCCOC(C)COC(CC(=O)OC(C)C)C(=O)OC(C)C. The first-order valence-electron chi connectivity index (χ1n) is 8.39. The third-order valence-electron chi connectivity index (χ3n) is 2.77. The number of esters is 2. The van der Waals surface area contributed by atoms with E-state index in [1.54, 1.807) is 27.7 Å². The van der Waals surface area contributed by atoms with E-state index in [0.717, 1.165) is 12.8 Å². The Morgan fingerprint density at radius 3 is 2.04 bits per heavy atom. The monoisotopic (exact) mass is 332 g/mol. The summed E-state index contributed by atoms with van der Waals surface area (Å²) in [6.45, 7) is 11.8. The highest BCUT2D eigenvalue weighted by molar-refractivity contribution is 5.82. The largest absolute Gasteiger partial charge is 0.463 e. The lowest BCUT2D eigenvalue weighted by Gasteiger charge is -2.20. The van der Waals surface area contributed by atoms with Crippen LogP contribution >= 0.6 is 0 Å². The molecule has 0 aromatic heterocycles. The maximum atomic E-state index is 12.1. The van der Waals surface area contributed by atoms with E-state index in [2.05, 4.69) is 6.92 Å². The number of rotatable bonds is 12. The topological polar surface area (TPSA) is 71.1 Å². The molecule has 2 atom stereocenters. The van der Waals surface area contributed by atoms with Gasteiger partial charge in [0.2, 0.25) is 0 Å². The van der Waals surface area contributed by atoms with Gasteiger partial charge in [-0.15, -0.1) is 0 Å². The second kappa shape index (κ2) is 12.3. The van der Waals surface area contributed by atoms with Gasteiger partial charge in [-0.2, -0.15) is 0 Å². The first-order chi connectivity index (χ1) is 10.8. The molecule has 6 heteroatoms. The number of hydrogen-bond acceptors (Lipinski definition) is 6. The lowest BCUT2D eigenvalue weighted by Crippen LogP contribution is -2.34. The van der Waals surface area contributed by atoms with Gasteiger partial charge >= 0.3 is 11.9 Å². The fourth-order valence-electron chi connectivity index (χ4n) is 1.71. The Morgan fingerprint density at radius 2 is 1.52 bits per heavy atom. The van der Waals surface area contributed by atoms with Crippen LogP contribution in [-0.4, -0.2) is 49.6 Å². The molecule has 0 radical (unpaired) electrons. The molecule has 0 amide bonds. The van der Waals surface area contributed by atoms with Crippen LogP contribution in [0.25, 0.3) is 0 Å². The molecule has 0 spiro atoms. The summed E-state index contributed by atoms with van der Waals surface area (Å²) >= 11 is 0. The fourth-order valence-corrected chi connectivity index (χ4v) is 1.71. The number of carbonyl (C=O) groups excluding carboxylic acids is 2. The summed E-state index contributed by atoms with van der Waals surface area (Å²) in [7, 11) is 0. The van der Waals surface area contributed by atoms with E-state index in [4.69, 9.17) is 18.9 Å². The van der Waals surface area contributed by atoms with Crippen LogP contribution in [0, 0.1) is 0 Å². The molecule has 0 aromatic rings. The Labute approximate surface area is 139 Å². The molecule has 0 aliphatic rings. The number of hydrogen-bond donors (Lipinski definition) is 0. The van der Waals surface area contributed by atoms with Crippen molar-refractivity contribution in [2.75, 3.05) is 13.2 Å². The molecule has 136 valence electrons. The maximum absolute atomic E-state index is 12.1. The van der Waals surface area contributed by atoms with Gasteiger partial charge < -0.3 is 18.9 Å². The van der Waals surface area contributed by atoms with E-state index in [1.807, 2.05) is 6.92 Å². The Kier molecular flexibility index (Phi) is 11.7. The molecule has 6 nitrogen and oxygen atoms in total. The van der Waals surface area contributed by atoms with Gasteiger partial charge in [0, 0.05) is 6.61 Å². The maximum Gasteiger partial charge on any atom is 0.336 e. The van der Waals surface area contributed by atoms with Gasteiger partial charge in [-0.1, -0.05) is 13.3 Å². The summed E-state index contributed by atoms with van der Waals surface area (Å²) < 4.78 is 21.3. The number of ether oxygens (including phenoxy) is 4. The van der Waals surface area contributed by atoms with Gasteiger partial charge in [0.25, 0.3) is 0 Å². The first-order valence-corrected chi connectivity index (χ1v) is 8.39. The van der Waals surface area contributed by atoms with Crippen molar-refractivity contribution in [2.24, 2.45) is 0 Å². The van der Waals surface area contributed by atoms with Gasteiger partial charge in [-0.3, -0.25) is 4.79 Å². The quantitative estimate of drug-likeness (QED) is 0.404. The second-order valence-corrected chi connectivity index (χ2v) is 6.09. The minimum atomic E-state index is -0.971. The molecule has 0 saturated carbocycles. The van der Waals surface area contributed by atoms with Crippen molar-refractivity contribution < 1.29 is 28.5 Å². The number of unbranched alkanes of at least 4 members (excludes halogenated alkanes) is 1. The molecule has 0 aliphatic heterocycles. The Balaban J connectivity index is 4.47. The normalized spacial score (nSPS) is 13.9. The van der Waals surface area contributed by atoms with Crippen LogP contribution in [0.2, 0.25) is 0 Å². The Hall–Kier alpha value is -1.14. The molecule has 0 heterocycles. The molecule has 0 aliphatic carbocycles. The van der Waals surface area contributed by atoms with E-state index in [0.29, 0.717) is 6.61 Å². The molecular weight excluding hydrogens is 300 g/mol. The van der Waals surface area contributed by atoms with Crippen molar-refractivity contribution in [1.29, 1.82) is 0 Å². The highest BCUT2D eigenvalue weighted by Gasteiger charge is 2.27. The van der Waals surface area contributed by atoms with Crippen molar-refractivity contribution in [3.8, 4) is 0 Å². The highest BCUT2D eigenvalue weighted by Crippen LogP contribution is 2.09. The van der Waals surface area contributed by atoms with Crippen LogP contribution in [0.4, 0.5) is 0 Å². The van der Waals surface area contributed by atoms with E-state index < -0.39 is 18.0 Å². The zero-order valence-corrected chi connectivity index (χ0v) is 15.3. The molecule has 0 rings (SSSR count). The van der Waals surface area contributed by atoms with Crippen LogP contribution in [-0.2, 0) is 28.5 Å². The minimum Gasteiger partial charge on any atom is -0.463 e. The van der Waals surface area contributed by atoms with Gasteiger partial charge in [-0.05, 0) is 41.0 Å². The summed E-state index contributed by atoms with van der Waals surface area (Å²) in [5.74, 6) is -1.04. The van der Waals surface area contributed by atoms with Crippen LogP contribution in [0.5, 0.6) is 0 Å². The zero-order chi connectivity index (χ0) is 17.8. The van der Waals surface area contributed by atoms with E-state index in [9.17, 15) is 9.59 Å². The van der Waals surface area contributed by atoms with E-state index >= 15 is 0 Å². The Bertz CT molecular complexity index is 340. The average molecular weight is 332 g/mol. The fraction of sp³-hybridized carbons (Fsp3) is 0.882. The predicted octanol–water partition coefficient (Wildman–Crippen LogP) is 2.87. The first kappa shape index (κ1) is 21.9. The Morgan fingerprint density at radius 1 is 0.913 bits per heavy atom. The summed E-state index contributed by atoms with van der Waals surface area (Å²) in [6.07, 6.45) is 0.235. The molecular formula is C17H32O6. The molecule has 0 aromatic carbocycles. The summed E-state index contributed by atoms with van der Waals surface area (Å²) in [6, 6.07) is 0. The van der Waals surface area contributed by atoms with Crippen LogP contribution in [0.1, 0.15) is 60.8 Å². The standard InChI is InChI=1S/C17H32O6/c1-7-8-9-20-14(6)11-21-15(17(19)23-13(4)5)10-16(18)22-12(2)3/h12-15H,7-11H2,1-6H3. The molecule has 0 N–H and O–H groups in total. The summed E-state index contributed by atoms with van der Waals surface area (Å²) in [5, 5.41) is 0.